The molecule has 0 aliphatic rings. The van der Waals surface area contributed by atoms with Crippen molar-refractivity contribution in [2.75, 3.05) is 7.11 Å². The number of esters is 1. The number of hydrogen-bond acceptors (Lipinski definition) is 6. The number of benzene rings is 2. The molecule has 0 fully saturated rings. The molecule has 0 aliphatic carbocycles. The topological polar surface area (TPSA) is 78.4 Å². The van der Waals surface area contributed by atoms with Crippen molar-refractivity contribution in [3.8, 4) is 33.7 Å². The van der Waals surface area contributed by atoms with Crippen LogP contribution >= 0.6 is 0 Å². The van der Waals surface area contributed by atoms with Crippen molar-refractivity contribution in [3.63, 3.8) is 0 Å². The zero-order valence-electron chi connectivity index (χ0n) is 16.9. The molecular weight excluding hydrogens is 387 g/mol. The van der Waals surface area contributed by atoms with Gasteiger partial charge < -0.3 is 13.8 Å². The maximum atomic E-state index is 14.2. The molecule has 0 amide bonds. The first kappa shape index (κ1) is 19.6. The minimum Gasteiger partial charge on any atom is -0.465 e. The molecule has 4 aromatic rings. The van der Waals surface area contributed by atoms with Crippen LogP contribution in [-0.2, 0) is 4.74 Å². The van der Waals surface area contributed by atoms with Gasteiger partial charge in [-0.1, -0.05) is 28.5 Å². The lowest BCUT2D eigenvalue weighted by molar-refractivity contribution is 0.0595. The number of aromatic nitrogens is 2. The van der Waals surface area contributed by atoms with E-state index in [9.17, 15) is 9.18 Å². The molecule has 7 heteroatoms. The standard InChI is InChI=1S/C23H19FN2O4/c1-12-9-16(6-7-17(12)22-13(2)25-29-14(22)3)21-11-20(26-30-21)15-5-8-18(19(24)10-15)23(27)28-4/h5-11H,1-4H3. The molecule has 0 spiro atoms. The minimum atomic E-state index is -0.728. The smallest absolute Gasteiger partial charge is 0.340 e. The number of carbonyl (C=O) groups excluding carboxylic acids is 1. The summed E-state index contributed by atoms with van der Waals surface area (Å²) in [6, 6.07) is 11.9. The summed E-state index contributed by atoms with van der Waals surface area (Å²) in [6.07, 6.45) is 0. The number of carbonyl (C=O) groups is 1. The van der Waals surface area contributed by atoms with Gasteiger partial charge >= 0.3 is 5.97 Å². The van der Waals surface area contributed by atoms with E-state index in [0.717, 1.165) is 33.7 Å². The lowest BCUT2D eigenvalue weighted by atomic mass is 9.96. The molecule has 152 valence electrons. The van der Waals surface area contributed by atoms with Gasteiger partial charge in [0.1, 0.15) is 17.3 Å². The van der Waals surface area contributed by atoms with Crippen molar-refractivity contribution < 1.29 is 23.0 Å². The first-order chi connectivity index (χ1) is 14.4. The van der Waals surface area contributed by atoms with Crippen LogP contribution in [0.1, 0.15) is 27.4 Å². The van der Waals surface area contributed by atoms with Gasteiger partial charge in [0.25, 0.3) is 0 Å². The van der Waals surface area contributed by atoms with E-state index in [1.807, 2.05) is 39.0 Å². The molecule has 2 aromatic heterocycles. The van der Waals surface area contributed by atoms with E-state index in [1.165, 1.54) is 19.2 Å². The Balaban J connectivity index is 1.66. The molecule has 0 bridgehead atoms. The molecular formula is C23H19FN2O4. The van der Waals surface area contributed by atoms with E-state index in [2.05, 4.69) is 15.1 Å². The van der Waals surface area contributed by atoms with E-state index < -0.39 is 11.8 Å². The van der Waals surface area contributed by atoms with Gasteiger partial charge in [-0.2, -0.15) is 0 Å². The highest BCUT2D eigenvalue weighted by molar-refractivity contribution is 5.90. The maximum absolute atomic E-state index is 14.2. The van der Waals surface area contributed by atoms with Crippen LogP contribution in [0, 0.1) is 26.6 Å². The molecule has 0 aliphatic heterocycles. The number of ether oxygens (including phenoxy) is 1. The molecule has 2 aromatic carbocycles. The quantitative estimate of drug-likeness (QED) is 0.416. The lowest BCUT2D eigenvalue weighted by Crippen LogP contribution is -2.04. The zero-order valence-corrected chi connectivity index (χ0v) is 16.9. The van der Waals surface area contributed by atoms with Crippen molar-refractivity contribution in [2.24, 2.45) is 0 Å². The first-order valence-electron chi connectivity index (χ1n) is 9.28. The first-order valence-corrected chi connectivity index (χ1v) is 9.28. The number of rotatable bonds is 4. The van der Waals surface area contributed by atoms with Gasteiger partial charge in [-0.15, -0.1) is 0 Å². The number of halogens is 1. The summed E-state index contributed by atoms with van der Waals surface area (Å²) in [5.41, 5.74) is 5.57. The number of aryl methyl sites for hydroxylation is 3. The lowest BCUT2D eigenvalue weighted by Gasteiger charge is -2.07. The van der Waals surface area contributed by atoms with Gasteiger partial charge in [0.2, 0.25) is 0 Å². The number of nitrogens with zero attached hydrogens (tertiary/aromatic N) is 2. The molecule has 0 radical (unpaired) electrons. The van der Waals surface area contributed by atoms with Crippen LogP contribution in [0.4, 0.5) is 4.39 Å². The predicted octanol–water partition coefficient (Wildman–Crippen LogP) is 5.51. The zero-order chi connectivity index (χ0) is 21.4. The fourth-order valence-corrected chi connectivity index (χ4v) is 3.46. The summed E-state index contributed by atoms with van der Waals surface area (Å²) in [5, 5.41) is 8.06. The second-order valence-electron chi connectivity index (χ2n) is 6.99. The van der Waals surface area contributed by atoms with Crippen LogP contribution in [0.15, 0.2) is 51.5 Å². The third kappa shape index (κ3) is 3.39. The Kier molecular flexibility index (Phi) is 4.95. The Morgan fingerprint density at radius 2 is 1.73 bits per heavy atom. The Labute approximate surface area is 172 Å². The Morgan fingerprint density at radius 1 is 0.967 bits per heavy atom. The van der Waals surface area contributed by atoms with Crippen LogP contribution in [0.5, 0.6) is 0 Å². The number of hydrogen-bond donors (Lipinski definition) is 0. The van der Waals surface area contributed by atoms with Gasteiger partial charge in [0.05, 0.1) is 18.4 Å². The van der Waals surface area contributed by atoms with Crippen LogP contribution in [-0.4, -0.2) is 23.4 Å². The second-order valence-corrected chi connectivity index (χ2v) is 6.99. The SMILES string of the molecule is COC(=O)c1ccc(-c2cc(-c3ccc(-c4c(C)noc4C)c(C)c3)on2)cc1F. The van der Waals surface area contributed by atoms with Crippen LogP contribution in [0.25, 0.3) is 33.7 Å². The average molecular weight is 406 g/mol. The molecule has 0 saturated heterocycles. The monoisotopic (exact) mass is 406 g/mol. The molecule has 4 rings (SSSR count). The van der Waals surface area contributed by atoms with E-state index >= 15 is 0 Å². The summed E-state index contributed by atoms with van der Waals surface area (Å²) >= 11 is 0. The largest absolute Gasteiger partial charge is 0.465 e. The minimum absolute atomic E-state index is 0.129. The van der Waals surface area contributed by atoms with Crippen molar-refractivity contribution in [2.45, 2.75) is 20.8 Å². The fourth-order valence-electron chi connectivity index (χ4n) is 3.46. The van der Waals surface area contributed by atoms with Crippen LogP contribution in [0.2, 0.25) is 0 Å². The summed E-state index contributed by atoms with van der Waals surface area (Å²) in [6.45, 7) is 5.80. The molecule has 0 atom stereocenters. The number of methoxy groups -OCH3 is 1. The average Bonchev–Trinajstić information content (AvgIpc) is 3.35. The van der Waals surface area contributed by atoms with E-state index in [1.54, 1.807) is 12.1 Å². The maximum Gasteiger partial charge on any atom is 0.340 e. The molecule has 0 saturated carbocycles. The van der Waals surface area contributed by atoms with Gasteiger partial charge in [-0.25, -0.2) is 9.18 Å². The van der Waals surface area contributed by atoms with Crippen molar-refractivity contribution in [3.05, 3.63) is 70.9 Å². The highest BCUT2D eigenvalue weighted by atomic mass is 19.1. The molecule has 2 heterocycles. The van der Waals surface area contributed by atoms with Crippen molar-refractivity contribution in [1.29, 1.82) is 0 Å². The van der Waals surface area contributed by atoms with E-state index in [-0.39, 0.29) is 5.56 Å². The molecule has 0 N–H and O–H groups in total. The molecule has 30 heavy (non-hydrogen) atoms. The Hall–Kier alpha value is -3.74. The van der Waals surface area contributed by atoms with Gasteiger partial charge in [0.15, 0.2) is 5.76 Å². The highest BCUT2D eigenvalue weighted by Gasteiger charge is 2.17. The summed E-state index contributed by atoms with van der Waals surface area (Å²) in [4.78, 5) is 11.6. The van der Waals surface area contributed by atoms with E-state index in [0.29, 0.717) is 17.0 Å². The predicted molar refractivity (Wildman–Crippen MR) is 108 cm³/mol. The fraction of sp³-hybridized carbons (Fsp3) is 0.174. The Bertz CT molecular complexity index is 1240. The van der Waals surface area contributed by atoms with Crippen LogP contribution in [0.3, 0.4) is 0 Å². The summed E-state index contributed by atoms with van der Waals surface area (Å²) in [7, 11) is 1.21. The third-order valence-corrected chi connectivity index (χ3v) is 4.99. The molecule has 0 unspecified atom stereocenters. The second kappa shape index (κ2) is 7.59. The van der Waals surface area contributed by atoms with Gasteiger partial charge in [-0.05, 0) is 50.1 Å². The van der Waals surface area contributed by atoms with Crippen molar-refractivity contribution >= 4 is 5.97 Å². The van der Waals surface area contributed by atoms with E-state index in [4.69, 9.17) is 9.05 Å². The van der Waals surface area contributed by atoms with Crippen LogP contribution < -0.4 is 0 Å². The normalized spacial score (nSPS) is 11.0. The molecule has 6 nitrogen and oxygen atoms in total. The third-order valence-electron chi connectivity index (χ3n) is 4.99. The van der Waals surface area contributed by atoms with Gasteiger partial charge in [0, 0.05) is 22.8 Å². The van der Waals surface area contributed by atoms with Crippen molar-refractivity contribution in [1.82, 2.24) is 10.3 Å². The van der Waals surface area contributed by atoms with Gasteiger partial charge in [-0.3, -0.25) is 0 Å². The Morgan fingerprint density at radius 3 is 2.37 bits per heavy atom. The summed E-state index contributed by atoms with van der Waals surface area (Å²) < 4.78 is 29.5. The summed E-state index contributed by atoms with van der Waals surface area (Å²) in [5.74, 6) is -0.0871. The highest BCUT2D eigenvalue weighted by Crippen LogP contribution is 2.33.